The van der Waals surface area contributed by atoms with Gasteiger partial charge in [-0.25, -0.2) is 0 Å². The Labute approximate surface area is 100 Å². The number of likely N-dealkylation sites (tertiary alicyclic amines) is 1. The Bertz CT molecular complexity index is 350. The fourth-order valence-corrected chi connectivity index (χ4v) is 2.45. The summed E-state index contributed by atoms with van der Waals surface area (Å²) in [5, 5.41) is 19.5. The number of hydrogen-bond donors (Lipinski definition) is 2. The number of halogens is 1. The first-order valence-corrected chi connectivity index (χ1v) is 5.91. The third kappa shape index (κ3) is 2.32. The van der Waals surface area contributed by atoms with Crippen LogP contribution < -0.4 is 0 Å². The van der Waals surface area contributed by atoms with Crippen LogP contribution in [-0.2, 0) is 6.54 Å². The van der Waals surface area contributed by atoms with Crippen molar-refractivity contribution in [3.05, 3.63) is 28.8 Å². The van der Waals surface area contributed by atoms with Crippen molar-refractivity contribution in [3.8, 4) is 5.75 Å². The summed E-state index contributed by atoms with van der Waals surface area (Å²) in [6.45, 7) is 1.73. The molecule has 1 aromatic rings. The van der Waals surface area contributed by atoms with Crippen LogP contribution >= 0.6 is 11.6 Å². The summed E-state index contributed by atoms with van der Waals surface area (Å²) in [7, 11) is 0. The Hall–Kier alpha value is -0.770. The smallest absolute Gasteiger partial charge is 0.121 e. The Kier molecular flexibility index (Phi) is 3.69. The van der Waals surface area contributed by atoms with Gasteiger partial charge >= 0.3 is 0 Å². The van der Waals surface area contributed by atoms with Crippen LogP contribution in [0.15, 0.2) is 18.2 Å². The Balaban J connectivity index is 2.14. The van der Waals surface area contributed by atoms with Crippen LogP contribution in [0.2, 0.25) is 5.02 Å². The van der Waals surface area contributed by atoms with Crippen molar-refractivity contribution in [1.29, 1.82) is 0 Å². The average Bonchev–Trinajstić information content (AvgIpc) is 2.71. The lowest BCUT2D eigenvalue weighted by Crippen LogP contribution is -2.31. The van der Waals surface area contributed by atoms with E-state index in [1.165, 1.54) is 0 Å². The fourth-order valence-electron chi connectivity index (χ4n) is 2.22. The minimum absolute atomic E-state index is 0.172. The second-order valence-electron chi connectivity index (χ2n) is 4.19. The van der Waals surface area contributed by atoms with Crippen molar-refractivity contribution in [2.45, 2.75) is 25.4 Å². The predicted octanol–water partition coefficient (Wildman–Crippen LogP) is 2.00. The van der Waals surface area contributed by atoms with E-state index in [2.05, 4.69) is 4.90 Å². The minimum Gasteiger partial charge on any atom is -0.508 e. The first-order chi connectivity index (χ1) is 7.72. The number of phenolic OH excluding ortho intramolecular Hbond substituents is 1. The van der Waals surface area contributed by atoms with Crippen molar-refractivity contribution >= 4 is 11.6 Å². The summed E-state index contributed by atoms with van der Waals surface area (Å²) < 4.78 is 0. The number of nitrogens with zero attached hydrogens (tertiary/aromatic N) is 1. The first kappa shape index (κ1) is 11.7. The van der Waals surface area contributed by atoms with Gasteiger partial charge in [-0.3, -0.25) is 4.90 Å². The molecule has 1 aromatic carbocycles. The van der Waals surface area contributed by atoms with Crippen molar-refractivity contribution in [1.82, 2.24) is 4.90 Å². The van der Waals surface area contributed by atoms with E-state index in [1.807, 2.05) is 0 Å². The molecule has 88 valence electrons. The number of phenols is 1. The zero-order valence-corrected chi connectivity index (χ0v) is 9.82. The molecule has 1 aliphatic rings. The van der Waals surface area contributed by atoms with Gasteiger partial charge in [0.25, 0.3) is 0 Å². The summed E-state index contributed by atoms with van der Waals surface area (Å²) in [6.07, 6.45) is 2.11. The number of aromatic hydroxyl groups is 1. The molecule has 2 rings (SSSR count). The van der Waals surface area contributed by atoms with Gasteiger partial charge in [-0.1, -0.05) is 17.7 Å². The molecule has 2 N–H and O–H groups in total. The molecule has 0 bridgehead atoms. The molecule has 1 heterocycles. The van der Waals surface area contributed by atoms with Gasteiger partial charge in [0.1, 0.15) is 5.75 Å². The number of rotatable bonds is 3. The molecular weight excluding hydrogens is 226 g/mol. The fraction of sp³-hybridized carbons (Fsp3) is 0.500. The molecule has 1 fully saturated rings. The van der Waals surface area contributed by atoms with Crippen molar-refractivity contribution in [3.63, 3.8) is 0 Å². The zero-order chi connectivity index (χ0) is 11.5. The van der Waals surface area contributed by atoms with E-state index in [4.69, 9.17) is 11.6 Å². The zero-order valence-electron chi connectivity index (χ0n) is 9.06. The number of benzene rings is 1. The molecule has 0 saturated carbocycles. The van der Waals surface area contributed by atoms with E-state index in [9.17, 15) is 10.2 Å². The van der Waals surface area contributed by atoms with E-state index < -0.39 is 0 Å². The predicted molar refractivity (Wildman–Crippen MR) is 63.6 cm³/mol. The van der Waals surface area contributed by atoms with Crippen molar-refractivity contribution in [2.75, 3.05) is 13.2 Å². The van der Waals surface area contributed by atoms with E-state index in [0.717, 1.165) is 24.9 Å². The Morgan fingerprint density at radius 1 is 1.44 bits per heavy atom. The lowest BCUT2D eigenvalue weighted by atomic mass is 10.1. The molecule has 3 nitrogen and oxygen atoms in total. The summed E-state index contributed by atoms with van der Waals surface area (Å²) in [5.41, 5.74) is 0.754. The van der Waals surface area contributed by atoms with Crippen LogP contribution in [0, 0.1) is 0 Å². The maximum atomic E-state index is 9.74. The molecule has 0 aliphatic carbocycles. The molecule has 1 unspecified atom stereocenters. The quantitative estimate of drug-likeness (QED) is 0.851. The van der Waals surface area contributed by atoms with Crippen LogP contribution in [0.4, 0.5) is 0 Å². The molecule has 0 amide bonds. The lowest BCUT2D eigenvalue weighted by Gasteiger charge is -2.23. The Morgan fingerprint density at radius 3 is 2.94 bits per heavy atom. The number of hydrogen-bond acceptors (Lipinski definition) is 3. The van der Waals surface area contributed by atoms with E-state index in [0.29, 0.717) is 11.6 Å². The topological polar surface area (TPSA) is 43.7 Å². The molecule has 1 aliphatic heterocycles. The normalized spacial score (nSPS) is 21.5. The van der Waals surface area contributed by atoms with E-state index in [1.54, 1.807) is 18.2 Å². The van der Waals surface area contributed by atoms with Gasteiger partial charge < -0.3 is 10.2 Å². The van der Waals surface area contributed by atoms with Gasteiger partial charge in [0.05, 0.1) is 6.61 Å². The van der Waals surface area contributed by atoms with E-state index in [-0.39, 0.29) is 18.4 Å². The van der Waals surface area contributed by atoms with Gasteiger partial charge in [0.2, 0.25) is 0 Å². The van der Waals surface area contributed by atoms with Crippen LogP contribution in [0.5, 0.6) is 5.75 Å². The third-order valence-electron chi connectivity index (χ3n) is 3.17. The largest absolute Gasteiger partial charge is 0.508 e. The molecule has 0 aromatic heterocycles. The molecule has 0 radical (unpaired) electrons. The molecule has 0 spiro atoms. The van der Waals surface area contributed by atoms with Crippen LogP contribution in [0.25, 0.3) is 0 Å². The van der Waals surface area contributed by atoms with Gasteiger partial charge in [0.15, 0.2) is 0 Å². The maximum absolute atomic E-state index is 9.74. The summed E-state index contributed by atoms with van der Waals surface area (Å²) in [6, 6.07) is 5.36. The van der Waals surface area contributed by atoms with Crippen LogP contribution in [0.3, 0.4) is 0 Å². The SMILES string of the molecule is OCC1CCCN1Cc1c(O)cccc1Cl. The molecule has 16 heavy (non-hydrogen) atoms. The summed E-state index contributed by atoms with van der Waals surface area (Å²) in [4.78, 5) is 2.17. The first-order valence-electron chi connectivity index (χ1n) is 5.53. The highest BCUT2D eigenvalue weighted by atomic mass is 35.5. The highest BCUT2D eigenvalue weighted by Crippen LogP contribution is 2.29. The lowest BCUT2D eigenvalue weighted by molar-refractivity contribution is 0.152. The molecular formula is C12H16ClNO2. The van der Waals surface area contributed by atoms with Crippen molar-refractivity contribution < 1.29 is 10.2 Å². The van der Waals surface area contributed by atoms with Gasteiger partial charge in [-0.05, 0) is 31.5 Å². The van der Waals surface area contributed by atoms with E-state index >= 15 is 0 Å². The minimum atomic E-state index is 0.172. The third-order valence-corrected chi connectivity index (χ3v) is 3.52. The van der Waals surface area contributed by atoms with Crippen LogP contribution in [0.1, 0.15) is 18.4 Å². The van der Waals surface area contributed by atoms with Crippen LogP contribution in [-0.4, -0.2) is 34.3 Å². The number of aliphatic hydroxyl groups excluding tert-OH is 1. The monoisotopic (exact) mass is 241 g/mol. The molecule has 1 atom stereocenters. The van der Waals surface area contributed by atoms with Crippen molar-refractivity contribution in [2.24, 2.45) is 0 Å². The second kappa shape index (κ2) is 5.04. The van der Waals surface area contributed by atoms with Gasteiger partial charge in [-0.15, -0.1) is 0 Å². The second-order valence-corrected chi connectivity index (χ2v) is 4.59. The Morgan fingerprint density at radius 2 is 2.25 bits per heavy atom. The van der Waals surface area contributed by atoms with Gasteiger partial charge in [-0.2, -0.15) is 0 Å². The molecule has 4 heteroatoms. The maximum Gasteiger partial charge on any atom is 0.121 e. The average molecular weight is 242 g/mol. The molecule has 1 saturated heterocycles. The highest BCUT2D eigenvalue weighted by Gasteiger charge is 2.24. The standard InChI is InChI=1S/C12H16ClNO2/c13-11-4-1-5-12(16)10(11)7-14-6-2-3-9(14)8-15/h1,4-5,9,15-16H,2-3,6-8H2. The number of aliphatic hydroxyl groups is 1. The summed E-state index contributed by atoms with van der Waals surface area (Å²) >= 11 is 6.05. The van der Waals surface area contributed by atoms with Gasteiger partial charge in [0, 0.05) is 23.2 Å². The summed E-state index contributed by atoms with van der Waals surface area (Å²) in [5.74, 6) is 0.232. The highest BCUT2D eigenvalue weighted by molar-refractivity contribution is 6.31.